The summed E-state index contributed by atoms with van der Waals surface area (Å²) in [6.45, 7) is 5.18. The van der Waals surface area contributed by atoms with E-state index >= 15 is 0 Å². The zero-order valence-corrected chi connectivity index (χ0v) is 20.7. The van der Waals surface area contributed by atoms with Gasteiger partial charge in [-0.25, -0.2) is 4.99 Å². The van der Waals surface area contributed by atoms with E-state index in [9.17, 15) is 4.79 Å². The van der Waals surface area contributed by atoms with Crippen LogP contribution < -0.4 is 9.47 Å². The summed E-state index contributed by atoms with van der Waals surface area (Å²) in [7, 11) is 0. The zero-order chi connectivity index (χ0) is 23.2. The molecule has 0 N–H and O–H groups in total. The average Bonchev–Trinajstić information content (AvgIpc) is 3.41. The van der Waals surface area contributed by atoms with Crippen LogP contribution in [0.15, 0.2) is 79.6 Å². The first-order valence-electron chi connectivity index (χ1n) is 10.6. The van der Waals surface area contributed by atoms with Crippen molar-refractivity contribution in [2.24, 2.45) is 4.99 Å². The fraction of sp³-hybridized carbons (Fsp3) is 0.200. The van der Waals surface area contributed by atoms with Crippen LogP contribution >= 0.6 is 27.7 Å². The first kappa shape index (κ1) is 23.2. The van der Waals surface area contributed by atoms with Gasteiger partial charge in [-0.15, -0.1) is 0 Å². The van der Waals surface area contributed by atoms with Gasteiger partial charge in [-0.2, -0.15) is 0 Å². The lowest BCUT2D eigenvalue weighted by Gasteiger charge is -2.14. The molecule has 2 aromatic carbocycles. The van der Waals surface area contributed by atoms with Crippen LogP contribution in [0.5, 0.6) is 11.5 Å². The number of para-hydroxylation sites is 1. The Hall–Kier alpha value is -2.97. The van der Waals surface area contributed by atoms with E-state index < -0.39 is 0 Å². The van der Waals surface area contributed by atoms with Crippen molar-refractivity contribution in [2.75, 3.05) is 13.2 Å². The molecule has 170 valence electrons. The molecule has 1 aromatic heterocycles. The maximum absolute atomic E-state index is 13.3. The molecule has 0 radical (unpaired) electrons. The number of halogens is 1. The van der Waals surface area contributed by atoms with Crippen LogP contribution in [-0.2, 0) is 11.3 Å². The molecule has 4 rings (SSSR count). The standard InChI is InChI=1S/C25H23BrN2O4S/c1-3-30-21-14-17(13-20(26)23(21)31-4-2)15-22-24(29)28(16-19-11-8-12-32-19)25(33-22)27-18-9-6-5-7-10-18/h5-15H,3-4,16H2,1-2H3/b22-15-,27-25?. The van der Waals surface area contributed by atoms with Gasteiger partial charge in [0.25, 0.3) is 5.91 Å². The van der Waals surface area contributed by atoms with Gasteiger partial charge in [-0.1, -0.05) is 18.2 Å². The molecule has 1 saturated heterocycles. The summed E-state index contributed by atoms with van der Waals surface area (Å²) in [6, 6.07) is 17.0. The van der Waals surface area contributed by atoms with Gasteiger partial charge in [-0.3, -0.25) is 9.69 Å². The summed E-state index contributed by atoms with van der Waals surface area (Å²) >= 11 is 4.91. The van der Waals surface area contributed by atoms with Crippen molar-refractivity contribution in [3.05, 3.63) is 81.6 Å². The lowest BCUT2D eigenvalue weighted by molar-refractivity contribution is -0.122. The summed E-state index contributed by atoms with van der Waals surface area (Å²) < 4.78 is 17.7. The highest BCUT2D eigenvalue weighted by molar-refractivity contribution is 9.10. The van der Waals surface area contributed by atoms with Crippen LogP contribution in [0.3, 0.4) is 0 Å². The molecule has 0 bridgehead atoms. The van der Waals surface area contributed by atoms with E-state index in [0.29, 0.717) is 47.1 Å². The van der Waals surface area contributed by atoms with Gasteiger partial charge in [0, 0.05) is 0 Å². The van der Waals surface area contributed by atoms with E-state index in [1.54, 1.807) is 17.2 Å². The number of hydrogen-bond donors (Lipinski definition) is 0. The number of thioether (sulfide) groups is 1. The number of rotatable bonds is 8. The van der Waals surface area contributed by atoms with E-state index in [-0.39, 0.29) is 5.91 Å². The third-order valence-corrected chi connectivity index (χ3v) is 6.28. The fourth-order valence-corrected chi connectivity index (χ4v) is 4.84. The minimum atomic E-state index is -0.131. The summed E-state index contributed by atoms with van der Waals surface area (Å²) in [6.07, 6.45) is 3.44. The number of benzene rings is 2. The molecule has 0 unspecified atom stereocenters. The molecule has 0 saturated carbocycles. The van der Waals surface area contributed by atoms with Crippen molar-refractivity contribution in [1.82, 2.24) is 4.90 Å². The molecule has 0 aliphatic carbocycles. The van der Waals surface area contributed by atoms with Crippen molar-refractivity contribution < 1.29 is 18.7 Å². The third-order valence-electron chi connectivity index (χ3n) is 4.68. The molecule has 1 fully saturated rings. The number of hydrogen-bond acceptors (Lipinski definition) is 6. The van der Waals surface area contributed by atoms with Gasteiger partial charge >= 0.3 is 0 Å². The Morgan fingerprint density at radius 3 is 2.58 bits per heavy atom. The number of carbonyl (C=O) groups excluding carboxylic acids is 1. The summed E-state index contributed by atoms with van der Waals surface area (Å²) in [5.74, 6) is 1.83. The predicted octanol–water partition coefficient (Wildman–Crippen LogP) is 6.64. The van der Waals surface area contributed by atoms with Crippen LogP contribution in [0.4, 0.5) is 5.69 Å². The fourth-order valence-electron chi connectivity index (χ4n) is 3.27. The van der Waals surface area contributed by atoms with Gasteiger partial charge in [-0.05, 0) is 89.6 Å². The summed E-state index contributed by atoms with van der Waals surface area (Å²) in [5, 5.41) is 0.601. The van der Waals surface area contributed by atoms with E-state index in [0.717, 1.165) is 15.7 Å². The van der Waals surface area contributed by atoms with Crippen LogP contribution in [0.2, 0.25) is 0 Å². The van der Waals surface area contributed by atoms with Crippen molar-refractivity contribution in [2.45, 2.75) is 20.4 Å². The second-order valence-corrected chi connectivity index (χ2v) is 8.87. The molecule has 2 heterocycles. The number of ether oxygens (including phenoxy) is 2. The molecule has 0 atom stereocenters. The molecular formula is C25H23BrN2O4S. The number of carbonyl (C=O) groups is 1. The van der Waals surface area contributed by atoms with Crippen LogP contribution in [0.1, 0.15) is 25.2 Å². The zero-order valence-electron chi connectivity index (χ0n) is 18.3. The van der Waals surface area contributed by atoms with Crippen molar-refractivity contribution >= 4 is 50.5 Å². The molecule has 3 aromatic rings. The van der Waals surface area contributed by atoms with Crippen molar-refractivity contribution in [1.29, 1.82) is 0 Å². The number of furan rings is 1. The average molecular weight is 527 g/mol. The SMILES string of the molecule is CCOc1cc(/C=C2\SC(=Nc3ccccc3)N(Cc3ccco3)C2=O)cc(Br)c1OCC. The van der Waals surface area contributed by atoms with Crippen LogP contribution in [0, 0.1) is 0 Å². The Labute approximate surface area is 205 Å². The molecule has 1 aliphatic rings. The lowest BCUT2D eigenvalue weighted by atomic mass is 10.2. The quantitative estimate of drug-likeness (QED) is 0.307. The van der Waals surface area contributed by atoms with E-state index in [1.807, 2.05) is 68.5 Å². The van der Waals surface area contributed by atoms with Crippen molar-refractivity contribution in [3.8, 4) is 11.5 Å². The second kappa shape index (κ2) is 10.8. The lowest BCUT2D eigenvalue weighted by Crippen LogP contribution is -2.28. The minimum Gasteiger partial charge on any atom is -0.490 e. The first-order chi connectivity index (χ1) is 16.1. The topological polar surface area (TPSA) is 64.3 Å². The van der Waals surface area contributed by atoms with E-state index in [2.05, 4.69) is 15.9 Å². The highest BCUT2D eigenvalue weighted by Gasteiger charge is 2.34. The number of nitrogens with zero attached hydrogens (tertiary/aromatic N) is 2. The molecule has 1 aliphatic heterocycles. The number of amidine groups is 1. The van der Waals surface area contributed by atoms with Gasteiger partial charge < -0.3 is 13.9 Å². The Balaban J connectivity index is 1.70. The maximum Gasteiger partial charge on any atom is 0.267 e. The normalized spacial score (nSPS) is 16.1. The van der Waals surface area contributed by atoms with Gasteiger partial charge in [0.15, 0.2) is 16.7 Å². The second-order valence-electron chi connectivity index (χ2n) is 7.01. The summed E-state index contributed by atoms with van der Waals surface area (Å²) in [5.41, 5.74) is 1.60. The Morgan fingerprint density at radius 1 is 1.09 bits per heavy atom. The van der Waals surface area contributed by atoms with E-state index in [1.165, 1.54) is 11.8 Å². The predicted molar refractivity (Wildman–Crippen MR) is 135 cm³/mol. The first-order valence-corrected chi connectivity index (χ1v) is 12.2. The van der Waals surface area contributed by atoms with Gasteiger partial charge in [0.1, 0.15) is 5.76 Å². The molecule has 6 nitrogen and oxygen atoms in total. The Kier molecular flexibility index (Phi) is 7.57. The molecule has 8 heteroatoms. The molecule has 1 amide bonds. The largest absolute Gasteiger partial charge is 0.490 e. The summed E-state index contributed by atoms with van der Waals surface area (Å²) in [4.78, 5) is 20.3. The minimum absolute atomic E-state index is 0.131. The smallest absolute Gasteiger partial charge is 0.267 e. The Bertz CT molecular complexity index is 1180. The number of aliphatic imine (C=N–C) groups is 1. The molecule has 33 heavy (non-hydrogen) atoms. The molecule has 0 spiro atoms. The number of amides is 1. The van der Waals surface area contributed by atoms with Crippen LogP contribution in [0.25, 0.3) is 6.08 Å². The Morgan fingerprint density at radius 2 is 1.88 bits per heavy atom. The third kappa shape index (κ3) is 5.51. The molecular weight excluding hydrogens is 504 g/mol. The van der Waals surface area contributed by atoms with Crippen molar-refractivity contribution in [3.63, 3.8) is 0 Å². The monoisotopic (exact) mass is 526 g/mol. The van der Waals surface area contributed by atoms with Gasteiger partial charge in [0.05, 0.1) is 41.1 Å². The van der Waals surface area contributed by atoms with Gasteiger partial charge in [0.2, 0.25) is 0 Å². The van der Waals surface area contributed by atoms with Crippen LogP contribution in [-0.4, -0.2) is 29.2 Å². The maximum atomic E-state index is 13.3. The van der Waals surface area contributed by atoms with E-state index in [4.69, 9.17) is 18.9 Å². The highest BCUT2D eigenvalue weighted by Crippen LogP contribution is 2.40. The highest BCUT2D eigenvalue weighted by atomic mass is 79.9.